The number of hydrogen-bond acceptors (Lipinski definition) is 2. The van der Waals surface area contributed by atoms with Gasteiger partial charge in [-0.05, 0) is 43.9 Å². The van der Waals surface area contributed by atoms with Crippen LogP contribution in [0.5, 0.6) is 0 Å². The number of nitrogens with zero attached hydrogens (tertiary/aromatic N) is 1. The molecule has 1 nitrogen and oxygen atoms in total. The molecule has 0 N–H and O–H groups in total. The van der Waals surface area contributed by atoms with Crippen molar-refractivity contribution in [2.75, 3.05) is 31.6 Å². The summed E-state index contributed by atoms with van der Waals surface area (Å²) >= 11 is 5.69. The number of piperidine rings is 1. The van der Waals surface area contributed by atoms with Gasteiger partial charge in [0.05, 0.1) is 0 Å². The number of halogens is 1. The van der Waals surface area contributed by atoms with E-state index >= 15 is 0 Å². The SMILES string of the molecule is CSCCCN1CCC(Br)C(C)C1. The fourth-order valence-corrected chi connectivity index (χ4v) is 2.63. The average molecular weight is 266 g/mol. The first-order valence-electron chi connectivity index (χ1n) is 5.09. The highest BCUT2D eigenvalue weighted by molar-refractivity contribution is 9.09. The largest absolute Gasteiger partial charge is 0.303 e. The lowest BCUT2D eigenvalue weighted by Crippen LogP contribution is -2.40. The first-order chi connectivity index (χ1) is 6.24. The Morgan fingerprint density at radius 3 is 2.92 bits per heavy atom. The molecule has 0 bridgehead atoms. The lowest BCUT2D eigenvalue weighted by Gasteiger charge is -2.34. The topological polar surface area (TPSA) is 3.24 Å². The van der Waals surface area contributed by atoms with E-state index in [4.69, 9.17) is 0 Å². The molecule has 1 heterocycles. The highest BCUT2D eigenvalue weighted by Gasteiger charge is 2.22. The van der Waals surface area contributed by atoms with Crippen LogP contribution in [0.15, 0.2) is 0 Å². The van der Waals surface area contributed by atoms with E-state index in [0.717, 1.165) is 10.7 Å². The Hall–Kier alpha value is 0.790. The van der Waals surface area contributed by atoms with Gasteiger partial charge in [-0.3, -0.25) is 0 Å². The molecule has 0 amide bonds. The minimum absolute atomic E-state index is 0.754. The van der Waals surface area contributed by atoms with Gasteiger partial charge in [-0.15, -0.1) is 0 Å². The van der Waals surface area contributed by atoms with Crippen molar-refractivity contribution in [3.8, 4) is 0 Å². The maximum absolute atomic E-state index is 3.73. The third-order valence-corrected chi connectivity index (χ3v) is 4.76. The fraction of sp³-hybridized carbons (Fsp3) is 1.00. The van der Waals surface area contributed by atoms with Crippen LogP contribution in [0.25, 0.3) is 0 Å². The van der Waals surface area contributed by atoms with Gasteiger partial charge < -0.3 is 4.90 Å². The fourth-order valence-electron chi connectivity index (χ4n) is 1.84. The second kappa shape index (κ2) is 6.31. The summed E-state index contributed by atoms with van der Waals surface area (Å²) in [4.78, 5) is 3.36. The van der Waals surface area contributed by atoms with Crippen LogP contribution in [0.4, 0.5) is 0 Å². The van der Waals surface area contributed by atoms with Crippen LogP contribution in [0.3, 0.4) is 0 Å². The molecule has 78 valence electrons. The van der Waals surface area contributed by atoms with Crippen LogP contribution in [-0.2, 0) is 0 Å². The summed E-state index contributed by atoms with van der Waals surface area (Å²) in [7, 11) is 0. The van der Waals surface area contributed by atoms with Gasteiger partial charge in [-0.25, -0.2) is 0 Å². The predicted octanol–water partition coefficient (Wildman–Crippen LogP) is 2.84. The van der Waals surface area contributed by atoms with E-state index in [-0.39, 0.29) is 0 Å². The van der Waals surface area contributed by atoms with E-state index in [1.165, 1.54) is 38.2 Å². The van der Waals surface area contributed by atoms with E-state index in [9.17, 15) is 0 Å². The van der Waals surface area contributed by atoms with Crippen molar-refractivity contribution in [3.05, 3.63) is 0 Å². The van der Waals surface area contributed by atoms with Crippen molar-refractivity contribution < 1.29 is 0 Å². The van der Waals surface area contributed by atoms with Gasteiger partial charge in [0.2, 0.25) is 0 Å². The lowest BCUT2D eigenvalue weighted by atomic mass is 10.00. The molecule has 13 heavy (non-hydrogen) atoms. The molecule has 0 aromatic carbocycles. The maximum atomic E-state index is 3.73. The van der Waals surface area contributed by atoms with Crippen molar-refractivity contribution in [2.45, 2.75) is 24.6 Å². The number of alkyl halides is 1. The molecule has 1 saturated heterocycles. The van der Waals surface area contributed by atoms with E-state index in [2.05, 4.69) is 34.0 Å². The van der Waals surface area contributed by atoms with Crippen molar-refractivity contribution in [1.82, 2.24) is 4.90 Å². The van der Waals surface area contributed by atoms with Gasteiger partial charge in [-0.2, -0.15) is 11.8 Å². The van der Waals surface area contributed by atoms with Crippen LogP contribution in [0, 0.1) is 5.92 Å². The summed E-state index contributed by atoms with van der Waals surface area (Å²) in [6.45, 7) is 6.21. The van der Waals surface area contributed by atoms with Crippen LogP contribution in [-0.4, -0.2) is 41.4 Å². The summed E-state index contributed by atoms with van der Waals surface area (Å²) in [5.74, 6) is 2.13. The van der Waals surface area contributed by atoms with Crippen molar-refractivity contribution in [3.63, 3.8) is 0 Å². The lowest BCUT2D eigenvalue weighted by molar-refractivity contribution is 0.192. The quantitative estimate of drug-likeness (QED) is 0.568. The van der Waals surface area contributed by atoms with Crippen LogP contribution >= 0.6 is 27.7 Å². The Kier molecular flexibility index (Phi) is 5.75. The Morgan fingerprint density at radius 2 is 2.31 bits per heavy atom. The van der Waals surface area contributed by atoms with E-state index in [1.807, 2.05) is 11.8 Å². The highest BCUT2D eigenvalue weighted by atomic mass is 79.9. The Labute approximate surface area is 94.8 Å². The van der Waals surface area contributed by atoms with Crippen molar-refractivity contribution >= 4 is 27.7 Å². The summed E-state index contributed by atoms with van der Waals surface area (Å²) < 4.78 is 0. The molecule has 0 aromatic heterocycles. The van der Waals surface area contributed by atoms with E-state index in [1.54, 1.807) is 0 Å². The van der Waals surface area contributed by atoms with Gasteiger partial charge in [0.15, 0.2) is 0 Å². The molecule has 2 atom stereocenters. The van der Waals surface area contributed by atoms with Crippen LogP contribution < -0.4 is 0 Å². The molecule has 1 aliphatic rings. The molecule has 0 saturated carbocycles. The van der Waals surface area contributed by atoms with Crippen LogP contribution in [0.1, 0.15) is 19.8 Å². The molecule has 0 aliphatic carbocycles. The van der Waals surface area contributed by atoms with E-state index < -0.39 is 0 Å². The zero-order valence-electron chi connectivity index (χ0n) is 8.63. The number of thioether (sulfide) groups is 1. The number of likely N-dealkylation sites (tertiary alicyclic amines) is 1. The van der Waals surface area contributed by atoms with Crippen molar-refractivity contribution in [2.24, 2.45) is 5.92 Å². The molecule has 2 unspecified atom stereocenters. The Bertz CT molecular complexity index is 143. The van der Waals surface area contributed by atoms with Gasteiger partial charge in [0.25, 0.3) is 0 Å². The maximum Gasteiger partial charge on any atom is 0.0195 e. The molecule has 3 heteroatoms. The minimum atomic E-state index is 0.754. The molecular formula is C10H20BrNS. The van der Waals surface area contributed by atoms with Gasteiger partial charge in [0, 0.05) is 11.4 Å². The average Bonchev–Trinajstić information content (AvgIpc) is 2.12. The summed E-state index contributed by atoms with van der Waals surface area (Å²) in [5.41, 5.74) is 0. The van der Waals surface area contributed by atoms with Crippen LogP contribution in [0.2, 0.25) is 0 Å². The third-order valence-electron chi connectivity index (χ3n) is 2.71. The van der Waals surface area contributed by atoms with Gasteiger partial charge in [-0.1, -0.05) is 22.9 Å². The number of rotatable bonds is 4. The summed E-state index contributed by atoms with van der Waals surface area (Å²) in [6, 6.07) is 0. The molecule has 1 rings (SSSR count). The highest BCUT2D eigenvalue weighted by Crippen LogP contribution is 2.23. The van der Waals surface area contributed by atoms with Crippen molar-refractivity contribution in [1.29, 1.82) is 0 Å². The first-order valence-corrected chi connectivity index (χ1v) is 7.40. The molecule has 0 radical (unpaired) electrons. The monoisotopic (exact) mass is 265 g/mol. The second-order valence-electron chi connectivity index (χ2n) is 3.93. The smallest absolute Gasteiger partial charge is 0.0195 e. The number of hydrogen-bond donors (Lipinski definition) is 0. The van der Waals surface area contributed by atoms with E-state index in [0.29, 0.717) is 0 Å². The summed E-state index contributed by atoms with van der Waals surface area (Å²) in [6.07, 6.45) is 4.86. The normalized spacial score (nSPS) is 30.7. The Morgan fingerprint density at radius 1 is 1.54 bits per heavy atom. The molecule has 0 aromatic rings. The molecule has 1 fully saturated rings. The minimum Gasteiger partial charge on any atom is -0.303 e. The molecule has 1 aliphatic heterocycles. The predicted molar refractivity (Wildman–Crippen MR) is 65.9 cm³/mol. The first kappa shape index (κ1) is 11.9. The molecule has 0 spiro atoms. The zero-order valence-corrected chi connectivity index (χ0v) is 11.0. The zero-order chi connectivity index (χ0) is 9.68. The summed E-state index contributed by atoms with van der Waals surface area (Å²) in [5, 5.41) is 0. The van der Waals surface area contributed by atoms with Gasteiger partial charge >= 0.3 is 0 Å². The molecular weight excluding hydrogens is 246 g/mol. The van der Waals surface area contributed by atoms with Gasteiger partial charge in [0.1, 0.15) is 0 Å². The third kappa shape index (κ3) is 4.22. The second-order valence-corrected chi connectivity index (χ2v) is 6.09. The standard InChI is InChI=1S/C10H20BrNS/c1-9-8-12(5-3-7-13-2)6-4-10(9)11/h9-10H,3-8H2,1-2H3. The Balaban J connectivity index is 2.14.